The Morgan fingerprint density at radius 3 is 2.34 bits per heavy atom. The van der Waals surface area contributed by atoms with Gasteiger partial charge in [-0.1, -0.05) is 29.8 Å². The summed E-state index contributed by atoms with van der Waals surface area (Å²) in [7, 11) is 1.65. The molecule has 0 aliphatic heterocycles. The van der Waals surface area contributed by atoms with Gasteiger partial charge in [-0.05, 0) is 77.3 Å². The molecule has 150 valence electrons. The third kappa shape index (κ3) is 5.84. The Morgan fingerprint density at radius 1 is 0.966 bits per heavy atom. The van der Waals surface area contributed by atoms with Crippen molar-refractivity contribution in [2.75, 3.05) is 13.7 Å². The third-order valence-electron chi connectivity index (χ3n) is 4.27. The standard InChI is InChI=1S/C24H24BrNO3/c1-4-28-23-14-19(15-26-20-9-11-21(27-3)12-10-20)13-22(25)24(23)29-16-18-7-5-17(2)6-8-18/h5-15H,4,16H2,1-3H3. The molecule has 0 amide bonds. The molecular formula is C24H24BrNO3. The van der Waals surface area contributed by atoms with Crippen molar-refractivity contribution in [3.05, 3.63) is 81.8 Å². The van der Waals surface area contributed by atoms with E-state index in [1.165, 1.54) is 5.56 Å². The molecule has 0 fully saturated rings. The van der Waals surface area contributed by atoms with Gasteiger partial charge in [0.2, 0.25) is 0 Å². The van der Waals surface area contributed by atoms with Crippen molar-refractivity contribution >= 4 is 27.8 Å². The minimum Gasteiger partial charge on any atom is -0.497 e. The number of benzene rings is 3. The Balaban J connectivity index is 1.79. The summed E-state index contributed by atoms with van der Waals surface area (Å²) in [5.41, 5.74) is 4.10. The molecule has 3 rings (SSSR count). The molecule has 0 saturated heterocycles. The molecule has 4 nitrogen and oxygen atoms in total. The molecule has 3 aromatic carbocycles. The van der Waals surface area contributed by atoms with E-state index in [1.807, 2.05) is 43.3 Å². The summed E-state index contributed by atoms with van der Waals surface area (Å²) < 4.78 is 17.9. The minimum atomic E-state index is 0.470. The SMILES string of the molecule is CCOc1cc(C=Nc2ccc(OC)cc2)cc(Br)c1OCc1ccc(C)cc1. The van der Waals surface area contributed by atoms with Crippen molar-refractivity contribution < 1.29 is 14.2 Å². The monoisotopic (exact) mass is 453 g/mol. The van der Waals surface area contributed by atoms with Gasteiger partial charge in [0.1, 0.15) is 12.4 Å². The van der Waals surface area contributed by atoms with E-state index >= 15 is 0 Å². The highest BCUT2D eigenvalue weighted by molar-refractivity contribution is 9.10. The number of aliphatic imine (C=N–C) groups is 1. The fourth-order valence-electron chi connectivity index (χ4n) is 2.72. The fraction of sp³-hybridized carbons (Fsp3) is 0.208. The molecule has 3 aromatic rings. The van der Waals surface area contributed by atoms with Gasteiger partial charge < -0.3 is 14.2 Å². The molecule has 0 radical (unpaired) electrons. The molecule has 0 spiro atoms. The average molecular weight is 454 g/mol. The molecule has 0 aliphatic carbocycles. The average Bonchev–Trinajstić information content (AvgIpc) is 2.73. The van der Waals surface area contributed by atoms with Gasteiger partial charge >= 0.3 is 0 Å². The van der Waals surface area contributed by atoms with E-state index in [2.05, 4.69) is 52.1 Å². The number of hydrogen-bond acceptors (Lipinski definition) is 4. The summed E-state index contributed by atoms with van der Waals surface area (Å²) in [4.78, 5) is 4.53. The van der Waals surface area contributed by atoms with Crippen LogP contribution in [0.1, 0.15) is 23.6 Å². The Morgan fingerprint density at radius 2 is 1.69 bits per heavy atom. The zero-order valence-corrected chi connectivity index (χ0v) is 18.4. The van der Waals surface area contributed by atoms with Crippen LogP contribution in [0.2, 0.25) is 0 Å². The fourth-order valence-corrected chi connectivity index (χ4v) is 3.30. The van der Waals surface area contributed by atoms with Crippen molar-refractivity contribution in [1.29, 1.82) is 0 Å². The second-order valence-corrected chi connectivity index (χ2v) is 7.35. The number of hydrogen-bond donors (Lipinski definition) is 0. The van der Waals surface area contributed by atoms with Crippen LogP contribution in [0.25, 0.3) is 0 Å². The second kappa shape index (κ2) is 10.1. The maximum atomic E-state index is 6.06. The van der Waals surface area contributed by atoms with E-state index in [4.69, 9.17) is 14.2 Å². The van der Waals surface area contributed by atoms with Crippen LogP contribution in [0, 0.1) is 6.92 Å². The van der Waals surface area contributed by atoms with Crippen LogP contribution < -0.4 is 14.2 Å². The number of aryl methyl sites for hydroxylation is 1. The zero-order chi connectivity index (χ0) is 20.6. The Kier molecular flexibility index (Phi) is 7.30. The van der Waals surface area contributed by atoms with E-state index in [0.29, 0.717) is 24.7 Å². The largest absolute Gasteiger partial charge is 0.497 e. The highest BCUT2D eigenvalue weighted by Crippen LogP contribution is 2.37. The molecule has 0 saturated carbocycles. The maximum Gasteiger partial charge on any atom is 0.175 e. The minimum absolute atomic E-state index is 0.470. The molecule has 29 heavy (non-hydrogen) atoms. The summed E-state index contributed by atoms with van der Waals surface area (Å²) in [6.45, 7) is 5.04. The molecule has 0 heterocycles. The van der Waals surface area contributed by atoms with Gasteiger partial charge in [-0.25, -0.2) is 0 Å². The molecule has 0 aliphatic rings. The Bertz CT molecular complexity index is 967. The number of halogens is 1. The molecule has 0 aromatic heterocycles. The van der Waals surface area contributed by atoms with Gasteiger partial charge in [-0.2, -0.15) is 0 Å². The first-order valence-electron chi connectivity index (χ1n) is 9.42. The molecule has 0 unspecified atom stereocenters. The first-order valence-corrected chi connectivity index (χ1v) is 10.2. The molecule has 0 atom stereocenters. The van der Waals surface area contributed by atoms with Crippen LogP contribution in [0.3, 0.4) is 0 Å². The van der Waals surface area contributed by atoms with Crippen molar-refractivity contribution in [2.24, 2.45) is 4.99 Å². The van der Waals surface area contributed by atoms with Gasteiger partial charge in [0.25, 0.3) is 0 Å². The lowest BCUT2D eigenvalue weighted by Crippen LogP contribution is -2.01. The van der Waals surface area contributed by atoms with Crippen LogP contribution in [0.4, 0.5) is 5.69 Å². The highest BCUT2D eigenvalue weighted by Gasteiger charge is 2.12. The van der Waals surface area contributed by atoms with E-state index in [0.717, 1.165) is 27.0 Å². The number of rotatable bonds is 8. The number of methoxy groups -OCH3 is 1. The van der Waals surface area contributed by atoms with Gasteiger partial charge in [0.05, 0.1) is 23.9 Å². The van der Waals surface area contributed by atoms with Crippen LogP contribution in [-0.4, -0.2) is 19.9 Å². The van der Waals surface area contributed by atoms with Crippen LogP contribution in [-0.2, 0) is 6.61 Å². The van der Waals surface area contributed by atoms with Crippen LogP contribution in [0.15, 0.2) is 70.1 Å². The van der Waals surface area contributed by atoms with Crippen LogP contribution >= 0.6 is 15.9 Å². The van der Waals surface area contributed by atoms with Gasteiger partial charge in [-0.3, -0.25) is 4.99 Å². The smallest absolute Gasteiger partial charge is 0.175 e. The predicted octanol–water partition coefficient (Wildman–Crippen LogP) is 6.49. The lowest BCUT2D eigenvalue weighted by molar-refractivity contribution is 0.267. The Labute approximate surface area is 180 Å². The summed E-state index contributed by atoms with van der Waals surface area (Å²) in [6, 6.07) is 19.8. The van der Waals surface area contributed by atoms with Gasteiger partial charge in [0.15, 0.2) is 11.5 Å². The van der Waals surface area contributed by atoms with Crippen LogP contribution in [0.5, 0.6) is 17.2 Å². The topological polar surface area (TPSA) is 40.0 Å². The summed E-state index contributed by atoms with van der Waals surface area (Å²) in [5, 5.41) is 0. The molecular weight excluding hydrogens is 430 g/mol. The maximum absolute atomic E-state index is 6.06. The predicted molar refractivity (Wildman–Crippen MR) is 121 cm³/mol. The van der Waals surface area contributed by atoms with E-state index in [9.17, 15) is 0 Å². The van der Waals surface area contributed by atoms with E-state index in [-0.39, 0.29) is 0 Å². The third-order valence-corrected chi connectivity index (χ3v) is 4.86. The van der Waals surface area contributed by atoms with Crippen molar-refractivity contribution in [2.45, 2.75) is 20.5 Å². The number of ether oxygens (including phenoxy) is 3. The van der Waals surface area contributed by atoms with Crippen molar-refractivity contribution in [3.8, 4) is 17.2 Å². The normalized spacial score (nSPS) is 10.9. The Hall–Kier alpha value is -2.79. The first kappa shape index (κ1) is 20.9. The summed E-state index contributed by atoms with van der Waals surface area (Å²) in [5.74, 6) is 2.18. The lowest BCUT2D eigenvalue weighted by Gasteiger charge is -2.15. The van der Waals surface area contributed by atoms with E-state index < -0.39 is 0 Å². The quantitative estimate of drug-likeness (QED) is 0.365. The lowest BCUT2D eigenvalue weighted by atomic mass is 10.1. The molecule has 5 heteroatoms. The first-order chi connectivity index (χ1) is 14.1. The van der Waals surface area contributed by atoms with Gasteiger partial charge in [-0.15, -0.1) is 0 Å². The molecule has 0 N–H and O–H groups in total. The van der Waals surface area contributed by atoms with Crippen molar-refractivity contribution in [1.82, 2.24) is 0 Å². The summed E-state index contributed by atoms with van der Waals surface area (Å²) in [6.07, 6.45) is 1.80. The number of nitrogens with zero attached hydrogens (tertiary/aromatic N) is 1. The highest BCUT2D eigenvalue weighted by atomic mass is 79.9. The second-order valence-electron chi connectivity index (χ2n) is 6.49. The zero-order valence-electron chi connectivity index (χ0n) is 16.8. The van der Waals surface area contributed by atoms with Gasteiger partial charge in [0, 0.05) is 6.21 Å². The van der Waals surface area contributed by atoms with E-state index in [1.54, 1.807) is 13.3 Å². The summed E-state index contributed by atoms with van der Waals surface area (Å²) >= 11 is 3.62. The van der Waals surface area contributed by atoms with Crippen molar-refractivity contribution in [3.63, 3.8) is 0 Å². The molecule has 0 bridgehead atoms.